The van der Waals surface area contributed by atoms with Gasteiger partial charge in [-0.15, -0.1) is 0 Å². The van der Waals surface area contributed by atoms with Gasteiger partial charge in [-0.1, -0.05) is 35.9 Å². The maximum atomic E-state index is 5.77. The van der Waals surface area contributed by atoms with Crippen LogP contribution in [0.4, 0.5) is 0 Å². The van der Waals surface area contributed by atoms with E-state index in [-0.39, 0.29) is 0 Å². The van der Waals surface area contributed by atoms with E-state index in [0.29, 0.717) is 11.0 Å². The average Bonchev–Trinajstić information content (AvgIpc) is 3.21. The van der Waals surface area contributed by atoms with Gasteiger partial charge < -0.3 is 8.85 Å². The Kier molecular flexibility index (Phi) is 3.32. The molecule has 1 atom stereocenters. The highest BCUT2D eigenvalue weighted by Gasteiger charge is 2.52. The van der Waals surface area contributed by atoms with E-state index in [1.807, 2.05) is 0 Å². The Balaban J connectivity index is 1.79. The molecule has 2 bridgehead atoms. The standard InChI is InChI=1S/C18H23O2Si/c1-19-21(20-2)17-15-6-4-3-5-14(15)11-16(17)18-9-7-13(12-18)8-10-18/h3-6,11,13,17H,7-10,12H2,1-2H3. The van der Waals surface area contributed by atoms with E-state index < -0.39 is 9.28 Å². The third kappa shape index (κ3) is 1.98. The number of hydrogen-bond donors (Lipinski definition) is 0. The average molecular weight is 299 g/mol. The van der Waals surface area contributed by atoms with Crippen molar-refractivity contribution in [2.24, 2.45) is 11.3 Å². The van der Waals surface area contributed by atoms with Gasteiger partial charge in [-0.25, -0.2) is 0 Å². The van der Waals surface area contributed by atoms with Crippen molar-refractivity contribution >= 4 is 15.4 Å². The summed E-state index contributed by atoms with van der Waals surface area (Å²) in [6.45, 7) is 0. The number of hydrogen-bond acceptors (Lipinski definition) is 2. The fourth-order valence-corrected chi connectivity index (χ4v) is 6.75. The van der Waals surface area contributed by atoms with Crippen molar-refractivity contribution in [1.29, 1.82) is 0 Å². The molecule has 4 rings (SSSR count). The molecular formula is C18H23O2Si. The minimum Gasteiger partial charge on any atom is -0.396 e. The summed E-state index contributed by atoms with van der Waals surface area (Å²) in [4.78, 5) is 0. The quantitative estimate of drug-likeness (QED) is 0.780. The van der Waals surface area contributed by atoms with Crippen molar-refractivity contribution in [3.05, 3.63) is 41.0 Å². The van der Waals surface area contributed by atoms with E-state index in [9.17, 15) is 0 Å². The van der Waals surface area contributed by atoms with Gasteiger partial charge in [0.15, 0.2) is 0 Å². The predicted molar refractivity (Wildman–Crippen MR) is 85.9 cm³/mol. The van der Waals surface area contributed by atoms with Crippen molar-refractivity contribution in [3.8, 4) is 0 Å². The van der Waals surface area contributed by atoms with Gasteiger partial charge in [-0.05, 0) is 54.6 Å². The molecule has 0 N–H and O–H groups in total. The van der Waals surface area contributed by atoms with Gasteiger partial charge in [-0.3, -0.25) is 0 Å². The zero-order chi connectivity index (χ0) is 14.4. The molecule has 3 aliphatic rings. The number of allylic oxidation sites excluding steroid dienone is 1. The minimum atomic E-state index is -1.29. The van der Waals surface area contributed by atoms with Crippen LogP contribution in [-0.4, -0.2) is 23.5 Å². The fourth-order valence-electron chi connectivity index (χ4n) is 4.95. The van der Waals surface area contributed by atoms with E-state index in [4.69, 9.17) is 8.85 Å². The summed E-state index contributed by atoms with van der Waals surface area (Å²) in [5, 5.41) is 0. The summed E-state index contributed by atoms with van der Waals surface area (Å²) < 4.78 is 11.5. The SMILES string of the molecule is CO[Si](OC)C1C(C23CCC(CC2)C3)=Cc2ccccc21. The van der Waals surface area contributed by atoms with Crippen LogP contribution in [0.3, 0.4) is 0 Å². The molecule has 1 aromatic rings. The normalized spacial score (nSPS) is 33.6. The van der Waals surface area contributed by atoms with Crippen LogP contribution in [-0.2, 0) is 8.85 Å². The highest BCUT2D eigenvalue weighted by molar-refractivity contribution is 6.48. The molecule has 2 nitrogen and oxygen atoms in total. The molecule has 1 aromatic carbocycles. The summed E-state index contributed by atoms with van der Waals surface area (Å²) in [6.07, 6.45) is 9.44. The van der Waals surface area contributed by atoms with Crippen molar-refractivity contribution in [2.45, 2.75) is 37.6 Å². The Hall–Kier alpha value is -0.903. The molecule has 3 aliphatic carbocycles. The molecule has 2 saturated carbocycles. The minimum absolute atomic E-state index is 0.373. The zero-order valence-electron chi connectivity index (χ0n) is 12.9. The van der Waals surface area contributed by atoms with Crippen LogP contribution < -0.4 is 0 Å². The van der Waals surface area contributed by atoms with Gasteiger partial charge in [0.25, 0.3) is 0 Å². The highest BCUT2D eigenvalue weighted by atomic mass is 28.3. The second-order valence-electron chi connectivity index (χ2n) is 6.82. The molecule has 111 valence electrons. The van der Waals surface area contributed by atoms with E-state index in [2.05, 4.69) is 30.3 Å². The van der Waals surface area contributed by atoms with Crippen LogP contribution in [0.5, 0.6) is 0 Å². The number of rotatable bonds is 4. The number of benzene rings is 1. The van der Waals surface area contributed by atoms with Crippen LogP contribution in [0, 0.1) is 11.3 Å². The fraction of sp³-hybridized carbons (Fsp3) is 0.556. The Morgan fingerprint density at radius 2 is 1.81 bits per heavy atom. The van der Waals surface area contributed by atoms with E-state index in [1.165, 1.54) is 43.2 Å². The Morgan fingerprint density at radius 3 is 2.43 bits per heavy atom. The van der Waals surface area contributed by atoms with Crippen LogP contribution in [0.25, 0.3) is 6.08 Å². The second-order valence-corrected chi connectivity index (χ2v) is 8.85. The first-order valence-electron chi connectivity index (χ1n) is 8.03. The molecule has 0 amide bonds. The van der Waals surface area contributed by atoms with Gasteiger partial charge in [0.05, 0.1) is 5.54 Å². The number of fused-ring (bicyclic) bond motifs is 3. The lowest BCUT2D eigenvalue weighted by Crippen LogP contribution is -2.33. The molecule has 0 spiro atoms. The first-order chi connectivity index (χ1) is 10.3. The topological polar surface area (TPSA) is 18.5 Å². The molecule has 0 saturated heterocycles. The molecule has 3 heteroatoms. The van der Waals surface area contributed by atoms with E-state index in [0.717, 1.165) is 5.92 Å². The molecule has 2 fully saturated rings. The first-order valence-corrected chi connectivity index (χ1v) is 9.42. The van der Waals surface area contributed by atoms with Gasteiger partial charge >= 0.3 is 9.28 Å². The Morgan fingerprint density at radius 1 is 1.10 bits per heavy atom. The van der Waals surface area contributed by atoms with Crippen LogP contribution in [0.1, 0.15) is 48.8 Å². The summed E-state index contributed by atoms with van der Waals surface area (Å²) in [7, 11) is 2.32. The van der Waals surface area contributed by atoms with E-state index in [1.54, 1.807) is 19.8 Å². The van der Waals surface area contributed by atoms with Gasteiger partial charge in [0, 0.05) is 14.2 Å². The molecule has 0 heterocycles. The lowest BCUT2D eigenvalue weighted by molar-refractivity contribution is 0.262. The van der Waals surface area contributed by atoms with Crippen LogP contribution >= 0.6 is 0 Å². The first kappa shape index (κ1) is 13.7. The lowest BCUT2D eigenvalue weighted by atomic mass is 9.76. The van der Waals surface area contributed by atoms with Crippen molar-refractivity contribution in [3.63, 3.8) is 0 Å². The van der Waals surface area contributed by atoms with Crippen molar-refractivity contribution in [1.82, 2.24) is 0 Å². The highest BCUT2D eigenvalue weighted by Crippen LogP contribution is 2.62. The Bertz CT molecular complexity index is 568. The maximum absolute atomic E-state index is 5.77. The Labute approximate surface area is 129 Å². The zero-order valence-corrected chi connectivity index (χ0v) is 13.9. The van der Waals surface area contributed by atoms with Crippen molar-refractivity contribution in [2.75, 3.05) is 14.2 Å². The van der Waals surface area contributed by atoms with Gasteiger partial charge in [0.2, 0.25) is 0 Å². The molecule has 1 radical (unpaired) electrons. The predicted octanol–water partition coefficient (Wildman–Crippen LogP) is 4.07. The molecule has 0 aliphatic heterocycles. The smallest absolute Gasteiger partial charge is 0.396 e. The monoisotopic (exact) mass is 299 g/mol. The molecule has 1 unspecified atom stereocenters. The second kappa shape index (κ2) is 5.08. The molecular weight excluding hydrogens is 276 g/mol. The lowest BCUT2D eigenvalue weighted by Gasteiger charge is -2.34. The third-order valence-corrected chi connectivity index (χ3v) is 7.82. The van der Waals surface area contributed by atoms with Gasteiger partial charge in [-0.2, -0.15) is 0 Å². The molecule has 21 heavy (non-hydrogen) atoms. The van der Waals surface area contributed by atoms with Crippen molar-refractivity contribution < 1.29 is 8.85 Å². The van der Waals surface area contributed by atoms with Crippen LogP contribution in [0.2, 0.25) is 0 Å². The summed E-state index contributed by atoms with van der Waals surface area (Å²) >= 11 is 0. The molecule has 0 aromatic heterocycles. The van der Waals surface area contributed by atoms with E-state index >= 15 is 0 Å². The van der Waals surface area contributed by atoms with Crippen LogP contribution in [0.15, 0.2) is 29.8 Å². The largest absolute Gasteiger partial charge is 0.396 e. The van der Waals surface area contributed by atoms with Gasteiger partial charge in [0.1, 0.15) is 0 Å². The maximum Gasteiger partial charge on any atom is 0.396 e. The summed E-state index contributed by atoms with van der Waals surface area (Å²) in [5.74, 6) is 0.969. The summed E-state index contributed by atoms with van der Waals surface area (Å²) in [5.41, 5.74) is 5.26. The third-order valence-electron chi connectivity index (χ3n) is 5.92. The summed E-state index contributed by atoms with van der Waals surface area (Å²) in [6, 6.07) is 8.81.